The van der Waals surface area contributed by atoms with Crippen molar-refractivity contribution in [1.29, 1.82) is 0 Å². The molecular formula is C29H40F2N4O6. The smallest absolute Gasteiger partial charge is 0.410 e. The average Bonchev–Trinajstić information content (AvgIpc) is 3.28. The predicted molar refractivity (Wildman–Crippen MR) is 144 cm³/mol. The lowest BCUT2D eigenvalue weighted by Crippen LogP contribution is -2.63. The van der Waals surface area contributed by atoms with Crippen LogP contribution in [-0.2, 0) is 19.0 Å². The number of carbonyl (C=O) groups is 3. The Bertz CT molecular complexity index is 1180. The highest BCUT2D eigenvalue weighted by molar-refractivity contribution is 6.12. The molecule has 3 atom stereocenters. The van der Waals surface area contributed by atoms with Gasteiger partial charge in [0, 0.05) is 51.1 Å². The van der Waals surface area contributed by atoms with Crippen molar-refractivity contribution in [1.82, 2.24) is 14.9 Å². The van der Waals surface area contributed by atoms with Gasteiger partial charge < -0.3 is 24.0 Å². The first-order chi connectivity index (χ1) is 19.3. The molecule has 0 N–H and O–H groups in total. The van der Waals surface area contributed by atoms with Crippen LogP contribution in [0.5, 0.6) is 0 Å². The lowest BCUT2D eigenvalue weighted by atomic mass is 9.56. The molecule has 3 heterocycles. The Morgan fingerprint density at radius 3 is 2.51 bits per heavy atom. The van der Waals surface area contributed by atoms with E-state index in [1.165, 1.54) is 12.3 Å². The Morgan fingerprint density at radius 2 is 1.80 bits per heavy atom. The summed E-state index contributed by atoms with van der Waals surface area (Å²) in [5, 5.41) is 0. The molecular weight excluding hydrogens is 538 g/mol. The number of amides is 1. The summed E-state index contributed by atoms with van der Waals surface area (Å²) >= 11 is 0. The normalized spacial score (nSPS) is 30.0. The molecule has 1 aromatic heterocycles. The van der Waals surface area contributed by atoms with Crippen molar-refractivity contribution < 1.29 is 37.4 Å². The van der Waals surface area contributed by atoms with Crippen molar-refractivity contribution in [2.24, 2.45) is 11.3 Å². The zero-order valence-electron chi connectivity index (χ0n) is 24.3. The number of hydrogen-bond donors (Lipinski definition) is 0. The lowest BCUT2D eigenvalue weighted by molar-refractivity contribution is -0.272. The van der Waals surface area contributed by atoms with E-state index >= 15 is 8.78 Å². The van der Waals surface area contributed by atoms with E-state index in [-0.39, 0.29) is 37.3 Å². The van der Waals surface area contributed by atoms with Gasteiger partial charge in [0.1, 0.15) is 11.3 Å². The third kappa shape index (κ3) is 5.69. The first-order valence-electron chi connectivity index (χ1n) is 14.6. The van der Waals surface area contributed by atoms with Crippen LogP contribution in [0, 0.1) is 11.3 Å². The molecule has 2 spiro atoms. The summed E-state index contributed by atoms with van der Waals surface area (Å²) in [6, 6.07) is 1.16. The van der Waals surface area contributed by atoms with Crippen molar-refractivity contribution in [3.8, 4) is 0 Å². The van der Waals surface area contributed by atoms with Gasteiger partial charge in [0.2, 0.25) is 5.95 Å². The zero-order valence-corrected chi connectivity index (χ0v) is 24.3. The summed E-state index contributed by atoms with van der Waals surface area (Å²) in [5.74, 6) is -7.25. The molecule has 2 saturated carbocycles. The van der Waals surface area contributed by atoms with Crippen molar-refractivity contribution >= 4 is 23.6 Å². The molecule has 5 rings (SSSR count). The van der Waals surface area contributed by atoms with Crippen LogP contribution in [0.4, 0.5) is 19.5 Å². The van der Waals surface area contributed by atoms with Gasteiger partial charge in [-0.25, -0.2) is 23.5 Å². The highest BCUT2D eigenvalue weighted by Gasteiger charge is 2.68. The molecule has 226 valence electrons. The minimum absolute atomic E-state index is 0.0836. The van der Waals surface area contributed by atoms with Crippen LogP contribution in [0.2, 0.25) is 0 Å². The number of nitrogens with zero attached hydrogens (tertiary/aromatic N) is 4. The number of Topliss-reactive ketones (excluding diaryl/α,β-unsaturated/α-hetero) is 2. The summed E-state index contributed by atoms with van der Waals surface area (Å²) in [5.41, 5.74) is -2.28. The fraction of sp³-hybridized carbons (Fsp3) is 0.759. The van der Waals surface area contributed by atoms with Crippen LogP contribution >= 0.6 is 0 Å². The summed E-state index contributed by atoms with van der Waals surface area (Å²) < 4.78 is 48.0. The Morgan fingerprint density at radius 1 is 1.10 bits per heavy atom. The monoisotopic (exact) mass is 578 g/mol. The first kappa shape index (κ1) is 29.8. The van der Waals surface area contributed by atoms with Gasteiger partial charge in [0.05, 0.1) is 24.5 Å². The molecule has 1 amide bonds. The second kappa shape index (κ2) is 10.8. The van der Waals surface area contributed by atoms with E-state index < -0.39 is 59.1 Å². The van der Waals surface area contributed by atoms with Crippen molar-refractivity contribution in [2.75, 3.05) is 37.7 Å². The fourth-order valence-corrected chi connectivity index (χ4v) is 6.91. The van der Waals surface area contributed by atoms with Gasteiger partial charge in [-0.1, -0.05) is 6.42 Å². The second-order valence-electron chi connectivity index (χ2n) is 12.8. The quantitative estimate of drug-likeness (QED) is 0.380. The van der Waals surface area contributed by atoms with Gasteiger partial charge in [-0.2, -0.15) is 0 Å². The van der Waals surface area contributed by atoms with Crippen LogP contribution in [0.15, 0.2) is 12.3 Å². The minimum Gasteiger partial charge on any atom is -0.444 e. The maximum atomic E-state index is 15.3. The van der Waals surface area contributed by atoms with Gasteiger partial charge in [-0.3, -0.25) is 9.59 Å². The maximum Gasteiger partial charge on any atom is 0.410 e. The molecule has 41 heavy (non-hydrogen) atoms. The molecule has 2 aliphatic heterocycles. The molecule has 12 heteroatoms. The Hall–Kier alpha value is -2.73. The van der Waals surface area contributed by atoms with Crippen LogP contribution in [0.1, 0.15) is 83.1 Å². The average molecular weight is 579 g/mol. The second-order valence-corrected chi connectivity index (χ2v) is 12.8. The van der Waals surface area contributed by atoms with E-state index in [1.807, 2.05) is 32.6 Å². The molecule has 10 nitrogen and oxygen atoms in total. The number of anilines is 1. The number of hydrogen-bond acceptors (Lipinski definition) is 9. The lowest BCUT2D eigenvalue weighted by Gasteiger charge is -2.53. The molecule has 4 fully saturated rings. The van der Waals surface area contributed by atoms with E-state index in [2.05, 4.69) is 9.97 Å². The van der Waals surface area contributed by atoms with E-state index in [0.717, 1.165) is 0 Å². The molecule has 1 aromatic rings. The van der Waals surface area contributed by atoms with Crippen molar-refractivity contribution in [3.63, 3.8) is 0 Å². The number of ketones is 2. The number of fused-ring (bicyclic) bond motifs is 1. The molecule has 2 saturated heterocycles. The molecule has 2 aliphatic carbocycles. The highest BCUT2D eigenvalue weighted by atomic mass is 19.3. The largest absolute Gasteiger partial charge is 0.444 e. The van der Waals surface area contributed by atoms with Crippen LogP contribution < -0.4 is 4.90 Å². The van der Waals surface area contributed by atoms with Gasteiger partial charge in [-0.05, 0) is 53.0 Å². The number of carbonyl (C=O) groups excluding carboxylic acids is 3. The summed E-state index contributed by atoms with van der Waals surface area (Å²) in [7, 11) is 0. The van der Waals surface area contributed by atoms with Crippen LogP contribution in [-0.4, -0.2) is 88.7 Å². The summed E-state index contributed by atoms with van der Waals surface area (Å²) in [4.78, 5) is 52.8. The highest BCUT2D eigenvalue weighted by Crippen LogP contribution is 2.59. The Kier molecular flexibility index (Phi) is 7.86. The Balaban J connectivity index is 1.38. The number of ether oxygens (including phenoxy) is 3. The van der Waals surface area contributed by atoms with E-state index in [9.17, 15) is 14.4 Å². The predicted octanol–water partition coefficient (Wildman–Crippen LogP) is 4.41. The zero-order chi connectivity index (χ0) is 29.6. The topological polar surface area (TPSA) is 111 Å². The summed E-state index contributed by atoms with van der Waals surface area (Å²) in [6.45, 7) is 9.16. The minimum atomic E-state index is -3.24. The summed E-state index contributed by atoms with van der Waals surface area (Å²) in [6.07, 6.45) is 1.89. The van der Waals surface area contributed by atoms with Crippen molar-refractivity contribution in [3.05, 3.63) is 18.0 Å². The molecule has 0 aromatic carbocycles. The number of aromatic nitrogens is 2. The van der Waals surface area contributed by atoms with Gasteiger partial charge >= 0.3 is 6.09 Å². The number of rotatable bonds is 3. The van der Waals surface area contributed by atoms with Crippen LogP contribution in [0.25, 0.3) is 0 Å². The number of halogens is 2. The van der Waals surface area contributed by atoms with E-state index in [1.54, 1.807) is 4.90 Å². The maximum absolute atomic E-state index is 15.3. The first-order valence-corrected chi connectivity index (χ1v) is 14.6. The van der Waals surface area contributed by atoms with Gasteiger partial charge in [0.15, 0.2) is 17.4 Å². The van der Waals surface area contributed by atoms with E-state index in [4.69, 9.17) is 14.2 Å². The fourth-order valence-electron chi connectivity index (χ4n) is 6.91. The molecule has 4 aliphatic rings. The van der Waals surface area contributed by atoms with Crippen LogP contribution in [0.3, 0.4) is 0 Å². The third-order valence-corrected chi connectivity index (χ3v) is 8.66. The number of alkyl halides is 2. The van der Waals surface area contributed by atoms with Gasteiger partial charge in [0.25, 0.3) is 5.92 Å². The SMILES string of the molecule is C[C@H]1CN(C(=O)OC(C)(C)C)CCCN1c1nccc(C(=O)C2CC(F)(F)CC3(CCCCC34OCCO4)C2=O)n1. The molecule has 0 bridgehead atoms. The van der Waals surface area contributed by atoms with Gasteiger partial charge in [-0.15, -0.1) is 0 Å². The third-order valence-electron chi connectivity index (χ3n) is 8.66. The van der Waals surface area contributed by atoms with E-state index in [0.29, 0.717) is 45.3 Å². The standard InChI is InChI=1S/C29H40F2N4O6/c1-19-17-34(25(38)41-26(2,3)4)12-7-13-35(19)24-32-11-8-21(33-24)22(36)20-16-28(30,31)18-27(23(20)37)9-5-6-10-29(27)39-14-15-40-29/h8,11,19-20H,5-7,9-10,12-18H2,1-4H3/t19-,20?,27?/m0/s1. The molecule has 2 unspecified atom stereocenters. The van der Waals surface area contributed by atoms with Crippen molar-refractivity contribution in [2.45, 2.75) is 96.0 Å². The molecule has 0 radical (unpaired) electrons. The Labute approximate surface area is 239 Å².